The molecule has 8 heteroatoms. The van der Waals surface area contributed by atoms with Gasteiger partial charge in [-0.3, -0.25) is 14.4 Å². The van der Waals surface area contributed by atoms with E-state index in [4.69, 9.17) is 9.47 Å². The maximum absolute atomic E-state index is 13.5. The van der Waals surface area contributed by atoms with E-state index in [-0.39, 0.29) is 18.0 Å². The first-order valence-corrected chi connectivity index (χ1v) is 10.9. The number of Topliss-reactive ketones (excluding diaryl/α,β-unsaturated/α-hetero) is 2. The number of rotatable bonds is 10. The van der Waals surface area contributed by atoms with Crippen molar-refractivity contribution in [2.45, 2.75) is 19.4 Å². The van der Waals surface area contributed by atoms with Crippen LogP contribution in [0.3, 0.4) is 0 Å². The fourth-order valence-electron chi connectivity index (χ4n) is 3.90. The van der Waals surface area contributed by atoms with E-state index >= 15 is 0 Å². The van der Waals surface area contributed by atoms with E-state index in [2.05, 4.69) is 0 Å². The highest BCUT2D eigenvalue weighted by Crippen LogP contribution is 2.40. The summed E-state index contributed by atoms with van der Waals surface area (Å²) in [7, 11) is 5.15. The highest BCUT2D eigenvalue weighted by molar-refractivity contribution is 6.44. The molecule has 1 saturated heterocycles. The summed E-state index contributed by atoms with van der Waals surface area (Å²) >= 11 is 0. The Labute approximate surface area is 193 Å². The van der Waals surface area contributed by atoms with Crippen LogP contribution in [-0.2, 0) is 9.59 Å². The van der Waals surface area contributed by atoms with Crippen molar-refractivity contribution in [2.24, 2.45) is 5.92 Å². The molecule has 0 aromatic heterocycles. The molecule has 1 aliphatic heterocycles. The van der Waals surface area contributed by atoms with E-state index in [0.29, 0.717) is 30.0 Å². The molecule has 2 aromatic rings. The summed E-state index contributed by atoms with van der Waals surface area (Å²) in [5, 5.41) is 10.0. The molecular formula is C25H30N2O6. The van der Waals surface area contributed by atoms with Gasteiger partial charge in [0, 0.05) is 18.7 Å². The van der Waals surface area contributed by atoms with E-state index in [0.717, 1.165) is 6.42 Å². The van der Waals surface area contributed by atoms with E-state index in [9.17, 15) is 19.5 Å². The molecule has 1 aliphatic rings. The number of methoxy groups -OCH3 is 1. The number of likely N-dealkylation sites (tertiary alicyclic amines) is 1. The van der Waals surface area contributed by atoms with Gasteiger partial charge in [0.25, 0.3) is 5.91 Å². The van der Waals surface area contributed by atoms with Gasteiger partial charge in [-0.15, -0.1) is 0 Å². The van der Waals surface area contributed by atoms with Crippen LogP contribution in [0.5, 0.6) is 17.2 Å². The zero-order valence-corrected chi connectivity index (χ0v) is 19.4. The molecule has 33 heavy (non-hydrogen) atoms. The number of likely N-dealkylation sites (N-methyl/N-ethyl adjacent to an activating group) is 1. The van der Waals surface area contributed by atoms with Crippen molar-refractivity contribution >= 4 is 17.5 Å². The molecule has 8 nitrogen and oxygen atoms in total. The second kappa shape index (κ2) is 10.5. The minimum absolute atomic E-state index is 0.0673. The zero-order valence-electron chi connectivity index (χ0n) is 19.4. The standard InChI is InChI=1S/C25H30N2O6/c1-5-14-33-18-9-6-16(7-10-18)23(29)21-22(17-8-11-19(28)20(15-17)32-4)27(13-12-26(2)3)25(31)24(21)30/h6-11,15,21-22,28H,5,12-14H2,1-4H3. The number of ketones is 2. The van der Waals surface area contributed by atoms with Crippen molar-refractivity contribution in [3.05, 3.63) is 53.6 Å². The van der Waals surface area contributed by atoms with E-state index in [1.165, 1.54) is 18.1 Å². The number of carbonyl (C=O) groups is 3. The molecule has 2 unspecified atom stereocenters. The molecule has 0 spiro atoms. The van der Waals surface area contributed by atoms with Gasteiger partial charge in [0.1, 0.15) is 11.7 Å². The molecule has 1 N–H and O–H groups in total. The zero-order chi connectivity index (χ0) is 24.1. The van der Waals surface area contributed by atoms with Gasteiger partial charge in [0.2, 0.25) is 5.78 Å². The normalized spacial score (nSPS) is 18.2. The van der Waals surface area contributed by atoms with Crippen molar-refractivity contribution in [2.75, 3.05) is 40.9 Å². The number of benzene rings is 2. The third kappa shape index (κ3) is 5.17. The number of phenols is 1. The van der Waals surface area contributed by atoms with E-state index in [1.807, 2.05) is 25.9 Å². The minimum atomic E-state index is -1.20. The average Bonchev–Trinajstić information content (AvgIpc) is 3.06. The van der Waals surface area contributed by atoms with Crippen LogP contribution in [-0.4, -0.2) is 73.3 Å². The summed E-state index contributed by atoms with van der Waals surface area (Å²) in [6, 6.07) is 10.4. The van der Waals surface area contributed by atoms with Gasteiger partial charge in [-0.25, -0.2) is 0 Å². The monoisotopic (exact) mass is 454 g/mol. The number of hydrogen-bond donors (Lipinski definition) is 1. The van der Waals surface area contributed by atoms with Crippen LogP contribution in [0.25, 0.3) is 0 Å². The maximum atomic E-state index is 13.5. The lowest BCUT2D eigenvalue weighted by Gasteiger charge is -2.28. The number of hydrogen-bond acceptors (Lipinski definition) is 7. The van der Waals surface area contributed by atoms with Crippen LogP contribution in [0.4, 0.5) is 0 Å². The lowest BCUT2D eigenvalue weighted by atomic mass is 9.86. The van der Waals surface area contributed by atoms with Crippen LogP contribution < -0.4 is 9.47 Å². The Morgan fingerprint density at radius 2 is 1.82 bits per heavy atom. The van der Waals surface area contributed by atoms with Gasteiger partial charge < -0.3 is 24.4 Å². The first-order valence-electron chi connectivity index (χ1n) is 10.9. The molecule has 0 aliphatic carbocycles. The molecule has 3 rings (SSSR count). The Hall–Kier alpha value is -3.39. The largest absolute Gasteiger partial charge is 0.504 e. The third-order valence-electron chi connectivity index (χ3n) is 5.63. The van der Waals surface area contributed by atoms with Gasteiger partial charge in [0.15, 0.2) is 17.3 Å². The average molecular weight is 455 g/mol. The second-order valence-corrected chi connectivity index (χ2v) is 8.26. The topological polar surface area (TPSA) is 96.4 Å². The van der Waals surface area contributed by atoms with Crippen LogP contribution in [0.2, 0.25) is 0 Å². The minimum Gasteiger partial charge on any atom is -0.504 e. The first kappa shape index (κ1) is 24.3. The van der Waals surface area contributed by atoms with Crippen molar-refractivity contribution in [1.82, 2.24) is 9.80 Å². The molecule has 1 amide bonds. The van der Waals surface area contributed by atoms with Gasteiger partial charge in [0.05, 0.1) is 19.8 Å². The van der Waals surface area contributed by atoms with Gasteiger partial charge >= 0.3 is 0 Å². The quantitative estimate of drug-likeness (QED) is 0.335. The van der Waals surface area contributed by atoms with Gasteiger partial charge in [-0.2, -0.15) is 0 Å². The summed E-state index contributed by atoms with van der Waals surface area (Å²) < 4.78 is 10.8. The van der Waals surface area contributed by atoms with Gasteiger partial charge in [-0.1, -0.05) is 13.0 Å². The molecule has 1 heterocycles. The Morgan fingerprint density at radius 1 is 1.12 bits per heavy atom. The van der Waals surface area contributed by atoms with E-state index in [1.54, 1.807) is 36.4 Å². The van der Waals surface area contributed by atoms with Crippen LogP contribution in [0.15, 0.2) is 42.5 Å². The number of ether oxygens (including phenoxy) is 2. The molecule has 1 fully saturated rings. The van der Waals surface area contributed by atoms with Crippen molar-refractivity contribution in [1.29, 1.82) is 0 Å². The Kier molecular flexibility index (Phi) is 7.71. The SMILES string of the molecule is CCCOc1ccc(C(=O)C2C(=O)C(=O)N(CCN(C)C)C2c2ccc(O)c(OC)c2)cc1. The Morgan fingerprint density at radius 3 is 2.42 bits per heavy atom. The van der Waals surface area contributed by atoms with Crippen molar-refractivity contribution in [3.63, 3.8) is 0 Å². The summed E-state index contributed by atoms with van der Waals surface area (Å²) in [6.07, 6.45) is 0.861. The summed E-state index contributed by atoms with van der Waals surface area (Å²) in [5.74, 6) is -2.28. The first-order chi connectivity index (χ1) is 15.8. The number of carbonyl (C=O) groups excluding carboxylic acids is 3. The Balaban J connectivity index is 2.00. The predicted octanol–water partition coefficient (Wildman–Crippen LogP) is 2.70. The predicted molar refractivity (Wildman–Crippen MR) is 123 cm³/mol. The van der Waals surface area contributed by atoms with Crippen LogP contribution in [0, 0.1) is 5.92 Å². The fourth-order valence-corrected chi connectivity index (χ4v) is 3.90. The highest BCUT2D eigenvalue weighted by atomic mass is 16.5. The molecule has 2 aromatic carbocycles. The van der Waals surface area contributed by atoms with Crippen LogP contribution >= 0.6 is 0 Å². The summed E-state index contributed by atoms with van der Waals surface area (Å²) in [6.45, 7) is 3.36. The summed E-state index contributed by atoms with van der Waals surface area (Å²) in [4.78, 5) is 42.8. The molecular weight excluding hydrogens is 424 g/mol. The van der Waals surface area contributed by atoms with Crippen molar-refractivity contribution in [3.8, 4) is 17.2 Å². The highest BCUT2D eigenvalue weighted by Gasteiger charge is 2.51. The van der Waals surface area contributed by atoms with E-state index < -0.39 is 29.4 Å². The van der Waals surface area contributed by atoms with Crippen molar-refractivity contribution < 1.29 is 29.0 Å². The fraction of sp³-hybridized carbons (Fsp3) is 0.400. The van der Waals surface area contributed by atoms with Gasteiger partial charge in [-0.05, 0) is 62.5 Å². The smallest absolute Gasteiger partial charge is 0.291 e. The number of amides is 1. The molecule has 176 valence electrons. The lowest BCUT2D eigenvalue weighted by molar-refractivity contribution is -0.140. The molecule has 0 radical (unpaired) electrons. The summed E-state index contributed by atoms with van der Waals surface area (Å²) in [5.41, 5.74) is 0.874. The Bertz CT molecular complexity index is 1020. The lowest BCUT2D eigenvalue weighted by Crippen LogP contribution is -2.36. The third-order valence-corrected chi connectivity index (χ3v) is 5.63. The molecule has 0 saturated carbocycles. The number of aromatic hydroxyl groups is 1. The molecule has 0 bridgehead atoms. The second-order valence-electron chi connectivity index (χ2n) is 8.26. The maximum Gasteiger partial charge on any atom is 0.291 e. The van der Waals surface area contributed by atoms with Crippen LogP contribution in [0.1, 0.15) is 35.3 Å². The molecule has 2 atom stereocenters. The number of nitrogens with zero attached hydrogens (tertiary/aromatic N) is 2. The number of phenolic OH excluding ortho intramolecular Hbond substituents is 1.